The summed E-state index contributed by atoms with van der Waals surface area (Å²) in [5, 5.41) is 3.56. The Morgan fingerprint density at radius 1 is 0.892 bits per heavy atom. The number of hydrogen-bond acceptors (Lipinski definition) is 2. The zero-order valence-corrected chi connectivity index (χ0v) is 20.0. The number of fused-ring (bicyclic) bond motifs is 2. The number of nitrogens with zero attached hydrogens (tertiary/aromatic N) is 3. The molecule has 0 atom stereocenters. The van der Waals surface area contributed by atoms with Gasteiger partial charge in [0, 0.05) is 34.9 Å². The molecule has 3 heterocycles. The van der Waals surface area contributed by atoms with Crippen molar-refractivity contribution in [2.24, 2.45) is 0 Å². The first kappa shape index (κ1) is 22.7. The van der Waals surface area contributed by atoms with Crippen molar-refractivity contribution in [2.45, 2.75) is 13.5 Å². The van der Waals surface area contributed by atoms with Gasteiger partial charge in [-0.1, -0.05) is 42.5 Å². The quantitative estimate of drug-likeness (QED) is 0.286. The number of anilines is 1. The minimum atomic E-state index is -0.391. The first-order valence-electron chi connectivity index (χ1n) is 11.8. The van der Waals surface area contributed by atoms with Crippen LogP contribution in [0.5, 0.6) is 0 Å². The van der Waals surface area contributed by atoms with E-state index in [-0.39, 0.29) is 18.3 Å². The molecule has 0 bridgehead atoms. The minimum Gasteiger partial charge on any atom is -0.332 e. The Labute approximate surface area is 211 Å². The highest BCUT2D eigenvalue weighted by atomic mass is 19.1. The number of carbonyl (C=O) groups excluding carboxylic acids is 1. The van der Waals surface area contributed by atoms with E-state index in [1.165, 1.54) is 24.3 Å². The summed E-state index contributed by atoms with van der Waals surface area (Å²) in [5.74, 6) is -1.10. The summed E-state index contributed by atoms with van der Waals surface area (Å²) in [6.45, 7) is 2.25. The lowest BCUT2D eigenvalue weighted by molar-refractivity contribution is 0.101. The molecule has 0 fully saturated rings. The first-order chi connectivity index (χ1) is 18.0. The molecule has 0 saturated carbocycles. The lowest BCUT2D eigenvalue weighted by Gasteiger charge is -2.12. The summed E-state index contributed by atoms with van der Waals surface area (Å²) >= 11 is 0. The third kappa shape index (κ3) is 4.25. The van der Waals surface area contributed by atoms with Gasteiger partial charge in [0.2, 0.25) is 0 Å². The third-order valence-corrected chi connectivity index (χ3v) is 6.49. The molecule has 6 rings (SSSR count). The number of nitrogens with one attached hydrogen (secondary N) is 1. The second-order valence-corrected chi connectivity index (χ2v) is 8.96. The number of carbonyl (C=O) groups is 1. The molecule has 5 nitrogen and oxygen atoms in total. The predicted molar refractivity (Wildman–Crippen MR) is 141 cm³/mol. The van der Waals surface area contributed by atoms with E-state index in [2.05, 4.69) is 5.32 Å². The van der Waals surface area contributed by atoms with Crippen molar-refractivity contribution in [2.75, 3.05) is 5.32 Å². The number of pyridine rings is 1. The number of hydrogen-bond donors (Lipinski definition) is 1. The molecule has 7 heteroatoms. The van der Waals surface area contributed by atoms with Crippen LogP contribution >= 0.6 is 0 Å². The molecule has 0 aliphatic carbocycles. The molecule has 3 aromatic heterocycles. The van der Waals surface area contributed by atoms with E-state index in [9.17, 15) is 13.6 Å². The van der Waals surface area contributed by atoms with Crippen LogP contribution in [0.4, 0.5) is 14.5 Å². The number of amides is 1. The Morgan fingerprint density at radius 3 is 2.51 bits per heavy atom. The van der Waals surface area contributed by atoms with Gasteiger partial charge in [-0.3, -0.25) is 4.79 Å². The van der Waals surface area contributed by atoms with Crippen LogP contribution in [0.2, 0.25) is 0 Å². The standard InChI is InChI=1S/C30H22F2N4O/c1-19-29(21-7-3-2-4-8-21)34-28-13-11-25(18-35(19)28)33-30(37)27-16-22-15-24(32)10-12-26(22)36(27)17-20-6-5-9-23(31)14-20/h2-16,18H,17H2,1H3,(H,33,37). The third-order valence-electron chi connectivity index (χ3n) is 6.49. The number of aryl methyl sites for hydroxylation is 1. The van der Waals surface area contributed by atoms with Crippen molar-refractivity contribution in [1.82, 2.24) is 14.0 Å². The summed E-state index contributed by atoms with van der Waals surface area (Å²) in [5.41, 5.74) is 5.93. The maximum atomic E-state index is 13.9. The second-order valence-electron chi connectivity index (χ2n) is 8.96. The Bertz CT molecular complexity index is 1790. The summed E-state index contributed by atoms with van der Waals surface area (Å²) in [7, 11) is 0. The van der Waals surface area contributed by atoms with E-state index in [1.54, 1.807) is 34.9 Å². The van der Waals surface area contributed by atoms with Gasteiger partial charge in [0.05, 0.1) is 11.4 Å². The van der Waals surface area contributed by atoms with E-state index >= 15 is 0 Å². The molecule has 0 spiro atoms. The molecule has 182 valence electrons. The normalized spacial score (nSPS) is 11.3. The fraction of sp³-hybridized carbons (Fsp3) is 0.0667. The SMILES string of the molecule is Cc1c(-c2ccccc2)nc2ccc(NC(=O)c3cc4cc(F)ccc4n3Cc3cccc(F)c3)cn12. The zero-order valence-electron chi connectivity index (χ0n) is 20.0. The van der Waals surface area contributed by atoms with E-state index in [4.69, 9.17) is 4.98 Å². The van der Waals surface area contributed by atoms with Crippen molar-refractivity contribution in [3.63, 3.8) is 0 Å². The second kappa shape index (κ2) is 9.02. The lowest BCUT2D eigenvalue weighted by atomic mass is 10.1. The molecule has 3 aromatic carbocycles. The summed E-state index contributed by atoms with van der Waals surface area (Å²) in [6, 6.07) is 25.8. The molecular formula is C30H22F2N4O. The van der Waals surface area contributed by atoms with Gasteiger partial charge >= 0.3 is 0 Å². The van der Waals surface area contributed by atoms with Crippen molar-refractivity contribution < 1.29 is 13.6 Å². The van der Waals surface area contributed by atoms with Crippen LogP contribution in [0.1, 0.15) is 21.7 Å². The molecule has 0 aliphatic rings. The van der Waals surface area contributed by atoms with E-state index < -0.39 is 5.82 Å². The van der Waals surface area contributed by atoms with Gasteiger partial charge in [0.25, 0.3) is 5.91 Å². The molecule has 0 aliphatic heterocycles. The van der Waals surface area contributed by atoms with Gasteiger partial charge in [-0.25, -0.2) is 13.8 Å². The van der Waals surface area contributed by atoms with Crippen LogP contribution in [0.3, 0.4) is 0 Å². The maximum absolute atomic E-state index is 13.9. The molecule has 0 radical (unpaired) electrons. The monoisotopic (exact) mass is 492 g/mol. The summed E-state index contributed by atoms with van der Waals surface area (Å²) in [4.78, 5) is 18.2. The van der Waals surface area contributed by atoms with E-state index in [0.29, 0.717) is 27.8 Å². The van der Waals surface area contributed by atoms with Crippen LogP contribution < -0.4 is 5.32 Å². The smallest absolute Gasteiger partial charge is 0.272 e. The Kier molecular flexibility index (Phi) is 5.53. The number of halogens is 2. The number of aromatic nitrogens is 3. The van der Waals surface area contributed by atoms with Crippen LogP contribution in [-0.2, 0) is 6.54 Å². The van der Waals surface area contributed by atoms with Crippen LogP contribution in [0, 0.1) is 18.6 Å². The molecule has 1 amide bonds. The van der Waals surface area contributed by atoms with Crippen LogP contribution in [0.15, 0.2) is 97.2 Å². The highest BCUT2D eigenvalue weighted by Gasteiger charge is 2.18. The van der Waals surface area contributed by atoms with Gasteiger partial charge < -0.3 is 14.3 Å². The first-order valence-corrected chi connectivity index (χ1v) is 11.8. The largest absolute Gasteiger partial charge is 0.332 e. The average molecular weight is 493 g/mol. The Balaban J connectivity index is 1.36. The fourth-order valence-corrected chi connectivity index (χ4v) is 4.72. The van der Waals surface area contributed by atoms with Crippen LogP contribution in [-0.4, -0.2) is 19.9 Å². The van der Waals surface area contributed by atoms with Gasteiger partial charge in [-0.15, -0.1) is 0 Å². The molecule has 0 saturated heterocycles. The zero-order chi connectivity index (χ0) is 25.5. The van der Waals surface area contributed by atoms with Crippen molar-refractivity contribution >= 4 is 28.1 Å². The maximum Gasteiger partial charge on any atom is 0.272 e. The number of benzene rings is 3. The summed E-state index contributed by atoms with van der Waals surface area (Å²) in [6.07, 6.45) is 1.83. The Morgan fingerprint density at radius 2 is 1.70 bits per heavy atom. The molecular weight excluding hydrogens is 470 g/mol. The Hall–Kier alpha value is -4.78. The fourth-order valence-electron chi connectivity index (χ4n) is 4.72. The minimum absolute atomic E-state index is 0.260. The highest BCUT2D eigenvalue weighted by Crippen LogP contribution is 2.26. The molecule has 0 unspecified atom stereocenters. The number of imidazole rings is 1. The van der Waals surface area contributed by atoms with E-state index in [0.717, 1.165) is 22.6 Å². The van der Waals surface area contributed by atoms with Gasteiger partial charge in [-0.2, -0.15) is 0 Å². The average Bonchev–Trinajstić information content (AvgIpc) is 3.41. The van der Waals surface area contributed by atoms with Crippen molar-refractivity contribution in [1.29, 1.82) is 0 Å². The predicted octanol–water partition coefficient (Wildman–Crippen LogP) is 6.84. The molecule has 6 aromatic rings. The van der Waals surface area contributed by atoms with Crippen molar-refractivity contribution in [3.8, 4) is 11.3 Å². The van der Waals surface area contributed by atoms with E-state index in [1.807, 2.05) is 53.9 Å². The molecule has 1 N–H and O–H groups in total. The topological polar surface area (TPSA) is 51.3 Å². The lowest BCUT2D eigenvalue weighted by Crippen LogP contribution is -2.18. The van der Waals surface area contributed by atoms with Gasteiger partial charge in [0.1, 0.15) is 23.0 Å². The highest BCUT2D eigenvalue weighted by molar-refractivity contribution is 6.06. The van der Waals surface area contributed by atoms with Crippen molar-refractivity contribution in [3.05, 3.63) is 126 Å². The van der Waals surface area contributed by atoms with Gasteiger partial charge in [-0.05, 0) is 61.0 Å². The number of rotatable bonds is 5. The van der Waals surface area contributed by atoms with Crippen LogP contribution in [0.25, 0.3) is 27.8 Å². The molecule has 37 heavy (non-hydrogen) atoms. The van der Waals surface area contributed by atoms with Gasteiger partial charge in [0.15, 0.2) is 0 Å². The summed E-state index contributed by atoms with van der Waals surface area (Å²) < 4.78 is 31.5.